The number of rotatable bonds is 4. The minimum Gasteiger partial charge on any atom is -0.338 e. The number of nitrogens with zero attached hydrogens (tertiary/aromatic N) is 4. The van der Waals surface area contributed by atoms with Gasteiger partial charge < -0.3 is 5.32 Å². The summed E-state index contributed by atoms with van der Waals surface area (Å²) in [7, 11) is 0. The van der Waals surface area contributed by atoms with Crippen LogP contribution in [0.1, 0.15) is 19.8 Å². The zero-order chi connectivity index (χ0) is 10.6. The Bertz CT molecular complexity index is 323. The average molecular weight is 193 g/mol. The van der Waals surface area contributed by atoms with Gasteiger partial charge in [0.2, 0.25) is 5.91 Å². The van der Waals surface area contributed by atoms with Crippen molar-refractivity contribution in [1.29, 1.82) is 5.26 Å². The first kappa shape index (κ1) is 10.4. The molecule has 1 atom stereocenters. The van der Waals surface area contributed by atoms with Crippen LogP contribution < -0.4 is 5.32 Å². The molecule has 1 rings (SSSR count). The third-order valence-electron chi connectivity index (χ3n) is 2.30. The lowest BCUT2D eigenvalue weighted by Crippen LogP contribution is -2.47. The second-order valence-corrected chi connectivity index (χ2v) is 3.53. The molecule has 1 unspecified atom stereocenters. The van der Waals surface area contributed by atoms with Crippen LogP contribution >= 0.6 is 0 Å². The number of hydrogen-bond acceptors (Lipinski definition) is 3. The molecule has 1 saturated carbocycles. The summed E-state index contributed by atoms with van der Waals surface area (Å²) in [4.78, 5) is 13.7. The summed E-state index contributed by atoms with van der Waals surface area (Å²) >= 11 is 0. The maximum Gasteiger partial charge on any atom is 0.227 e. The largest absolute Gasteiger partial charge is 0.338 e. The first-order valence-corrected chi connectivity index (χ1v) is 4.35. The quantitative estimate of drug-likeness (QED) is 0.410. The zero-order valence-electron chi connectivity index (χ0n) is 7.90. The van der Waals surface area contributed by atoms with E-state index >= 15 is 0 Å². The predicted octanol–water partition coefficient (Wildman–Crippen LogP) is 1.11. The van der Waals surface area contributed by atoms with Gasteiger partial charge >= 0.3 is 0 Å². The van der Waals surface area contributed by atoms with E-state index in [1.807, 2.05) is 0 Å². The smallest absolute Gasteiger partial charge is 0.227 e. The number of hydrogen-bond donors (Lipinski definition) is 1. The highest BCUT2D eigenvalue weighted by Crippen LogP contribution is 2.39. The van der Waals surface area contributed by atoms with Crippen LogP contribution in [0.15, 0.2) is 5.11 Å². The maximum atomic E-state index is 11.2. The van der Waals surface area contributed by atoms with Crippen molar-refractivity contribution >= 4 is 5.91 Å². The Hall–Kier alpha value is -1.73. The summed E-state index contributed by atoms with van der Waals surface area (Å²) in [6.45, 7) is 1.44. The summed E-state index contributed by atoms with van der Waals surface area (Å²) in [6, 6.07) is 2.08. The average Bonchev–Trinajstić information content (AvgIpc) is 2.97. The molecule has 1 fully saturated rings. The Kier molecular flexibility index (Phi) is 2.95. The van der Waals surface area contributed by atoms with Gasteiger partial charge in [0.15, 0.2) is 0 Å². The minimum absolute atomic E-state index is 0.238. The number of amides is 1. The monoisotopic (exact) mass is 193 g/mol. The van der Waals surface area contributed by atoms with Crippen molar-refractivity contribution in [2.24, 2.45) is 11.0 Å². The van der Waals surface area contributed by atoms with Gasteiger partial charge in [0.25, 0.3) is 0 Å². The van der Waals surface area contributed by atoms with Crippen molar-refractivity contribution < 1.29 is 4.79 Å². The van der Waals surface area contributed by atoms with Crippen molar-refractivity contribution in [3.05, 3.63) is 10.4 Å². The molecule has 0 aromatic heterocycles. The second-order valence-electron chi connectivity index (χ2n) is 3.53. The lowest BCUT2D eigenvalue weighted by molar-refractivity contribution is -0.121. The van der Waals surface area contributed by atoms with Gasteiger partial charge in [-0.3, -0.25) is 4.79 Å². The van der Waals surface area contributed by atoms with Gasteiger partial charge in [0, 0.05) is 4.91 Å². The molecule has 0 aliphatic heterocycles. The fourth-order valence-electron chi connectivity index (χ4n) is 1.31. The van der Waals surface area contributed by atoms with E-state index in [2.05, 4.69) is 21.4 Å². The van der Waals surface area contributed by atoms with Gasteiger partial charge in [-0.15, -0.1) is 0 Å². The standard InChI is InChI=1S/C8H11N5O/c1-8(5-9,6-2-3-6)12-7(14)4-11-13-10/h6H,2-4H2,1H3,(H,12,14). The zero-order valence-corrected chi connectivity index (χ0v) is 7.90. The van der Waals surface area contributed by atoms with E-state index in [0.29, 0.717) is 0 Å². The highest BCUT2D eigenvalue weighted by atomic mass is 16.2. The summed E-state index contributed by atoms with van der Waals surface area (Å²) < 4.78 is 0. The fraction of sp³-hybridized carbons (Fsp3) is 0.750. The molecule has 6 nitrogen and oxygen atoms in total. The van der Waals surface area contributed by atoms with Gasteiger partial charge in [0.1, 0.15) is 12.1 Å². The normalized spacial score (nSPS) is 18.6. The Balaban J connectivity index is 2.52. The van der Waals surface area contributed by atoms with Crippen LogP contribution in [0.5, 0.6) is 0 Å². The molecule has 1 amide bonds. The van der Waals surface area contributed by atoms with E-state index in [0.717, 1.165) is 12.8 Å². The van der Waals surface area contributed by atoms with E-state index in [1.165, 1.54) is 0 Å². The summed E-state index contributed by atoms with van der Waals surface area (Å²) in [5, 5.41) is 14.6. The molecule has 14 heavy (non-hydrogen) atoms. The van der Waals surface area contributed by atoms with E-state index in [1.54, 1.807) is 6.92 Å². The molecule has 0 heterocycles. The third-order valence-corrected chi connectivity index (χ3v) is 2.30. The molecule has 0 saturated heterocycles. The van der Waals surface area contributed by atoms with Gasteiger partial charge in [-0.25, -0.2) is 0 Å². The van der Waals surface area contributed by atoms with Crippen LogP contribution in [0.3, 0.4) is 0 Å². The van der Waals surface area contributed by atoms with Crippen LogP contribution in [0.4, 0.5) is 0 Å². The van der Waals surface area contributed by atoms with Crippen LogP contribution in [0.2, 0.25) is 0 Å². The number of carbonyl (C=O) groups is 1. The molecule has 0 spiro atoms. The van der Waals surface area contributed by atoms with Crippen LogP contribution in [0, 0.1) is 17.2 Å². The van der Waals surface area contributed by atoms with Crippen molar-refractivity contribution in [3.8, 4) is 6.07 Å². The minimum atomic E-state index is -0.804. The molecule has 74 valence electrons. The lowest BCUT2D eigenvalue weighted by atomic mass is 9.98. The summed E-state index contributed by atoms with van der Waals surface area (Å²) in [5.74, 6) is -0.165. The SMILES string of the molecule is CC(C#N)(NC(=O)CN=[N+]=[N-])C1CC1. The Morgan fingerprint density at radius 2 is 2.50 bits per heavy atom. The maximum absolute atomic E-state index is 11.2. The van der Waals surface area contributed by atoms with Crippen LogP contribution in [-0.2, 0) is 4.79 Å². The Morgan fingerprint density at radius 1 is 1.86 bits per heavy atom. The van der Waals surface area contributed by atoms with Crippen molar-refractivity contribution in [2.45, 2.75) is 25.3 Å². The Morgan fingerprint density at radius 3 is 2.93 bits per heavy atom. The number of nitriles is 1. The highest BCUT2D eigenvalue weighted by molar-refractivity contribution is 5.79. The van der Waals surface area contributed by atoms with Crippen molar-refractivity contribution in [2.75, 3.05) is 6.54 Å². The first-order chi connectivity index (χ1) is 6.62. The number of carbonyl (C=O) groups excluding carboxylic acids is 1. The molecular formula is C8H11N5O. The topological polar surface area (TPSA) is 102 Å². The second kappa shape index (κ2) is 3.99. The highest BCUT2D eigenvalue weighted by Gasteiger charge is 2.42. The van der Waals surface area contributed by atoms with Gasteiger partial charge in [0.05, 0.1) is 6.07 Å². The number of nitrogens with one attached hydrogen (secondary N) is 1. The van der Waals surface area contributed by atoms with Crippen molar-refractivity contribution in [3.63, 3.8) is 0 Å². The molecule has 0 aromatic carbocycles. The molecule has 0 bridgehead atoms. The molecule has 1 aliphatic carbocycles. The third kappa shape index (κ3) is 2.38. The van der Waals surface area contributed by atoms with Crippen LogP contribution in [-0.4, -0.2) is 18.0 Å². The number of azide groups is 1. The molecule has 0 aromatic rings. The van der Waals surface area contributed by atoms with Gasteiger partial charge in [-0.1, -0.05) is 5.11 Å². The van der Waals surface area contributed by atoms with Crippen molar-refractivity contribution in [1.82, 2.24) is 5.32 Å². The predicted molar refractivity (Wildman–Crippen MR) is 48.9 cm³/mol. The van der Waals surface area contributed by atoms with Crippen LogP contribution in [0.25, 0.3) is 10.4 Å². The fourth-order valence-corrected chi connectivity index (χ4v) is 1.31. The van der Waals surface area contributed by atoms with Gasteiger partial charge in [-0.2, -0.15) is 5.26 Å². The molecule has 0 radical (unpaired) electrons. The van der Waals surface area contributed by atoms with E-state index < -0.39 is 11.4 Å². The van der Waals surface area contributed by atoms with Gasteiger partial charge in [-0.05, 0) is 31.2 Å². The summed E-state index contributed by atoms with van der Waals surface area (Å²) in [5.41, 5.74) is 7.20. The molecular weight excluding hydrogens is 182 g/mol. The Labute approximate surface area is 81.5 Å². The molecule has 6 heteroatoms. The first-order valence-electron chi connectivity index (χ1n) is 4.35. The summed E-state index contributed by atoms with van der Waals surface area (Å²) in [6.07, 6.45) is 1.93. The lowest BCUT2D eigenvalue weighted by Gasteiger charge is -2.22. The molecule has 1 N–H and O–H groups in total. The molecule has 1 aliphatic rings. The van der Waals surface area contributed by atoms with E-state index in [4.69, 9.17) is 10.8 Å². The van der Waals surface area contributed by atoms with E-state index in [9.17, 15) is 4.79 Å². The van der Waals surface area contributed by atoms with E-state index in [-0.39, 0.29) is 12.5 Å².